The van der Waals surface area contributed by atoms with Crippen LogP contribution in [0.25, 0.3) is 0 Å². The Labute approximate surface area is 121 Å². The molecular formula is C11H24N2OS3. The third kappa shape index (κ3) is 5.87. The fourth-order valence-electron chi connectivity index (χ4n) is 2.01. The molecule has 102 valence electrons. The maximum absolute atomic E-state index is 11.5. The van der Waals surface area contributed by atoms with Gasteiger partial charge in [0, 0.05) is 13.1 Å². The lowest BCUT2D eigenvalue weighted by Crippen LogP contribution is -2.45. The van der Waals surface area contributed by atoms with E-state index in [0.29, 0.717) is 5.92 Å². The van der Waals surface area contributed by atoms with E-state index in [1.54, 1.807) is 11.9 Å². The van der Waals surface area contributed by atoms with Crippen molar-refractivity contribution in [3.63, 3.8) is 0 Å². The molecule has 1 heterocycles. The van der Waals surface area contributed by atoms with Gasteiger partial charge in [-0.05, 0) is 32.1 Å². The van der Waals surface area contributed by atoms with Gasteiger partial charge in [0.25, 0.3) is 0 Å². The van der Waals surface area contributed by atoms with Crippen LogP contribution in [0.2, 0.25) is 0 Å². The van der Waals surface area contributed by atoms with Crippen molar-refractivity contribution in [2.24, 2.45) is 5.92 Å². The van der Waals surface area contributed by atoms with Gasteiger partial charge in [0.1, 0.15) is 0 Å². The van der Waals surface area contributed by atoms with E-state index in [2.05, 4.69) is 25.4 Å². The fourth-order valence-corrected chi connectivity index (χ4v) is 3.32. The third-order valence-corrected chi connectivity index (χ3v) is 4.25. The molecule has 1 aliphatic heterocycles. The molecule has 0 radical (unpaired) electrons. The number of thiol groups is 2. The second-order valence-corrected chi connectivity index (χ2v) is 5.77. The molecule has 1 aliphatic rings. The predicted molar refractivity (Wildman–Crippen MR) is 83.7 cm³/mol. The van der Waals surface area contributed by atoms with Crippen LogP contribution < -0.4 is 0 Å². The van der Waals surface area contributed by atoms with Gasteiger partial charge in [-0.15, -0.1) is 12.6 Å². The molecule has 17 heavy (non-hydrogen) atoms. The Morgan fingerprint density at radius 1 is 1.53 bits per heavy atom. The maximum Gasteiger partial charge on any atom is 0.204 e. The highest BCUT2D eigenvalue weighted by molar-refractivity contribution is 7.97. The molecule has 0 N–H and O–H groups in total. The molecule has 1 rings (SSSR count). The molecule has 0 bridgehead atoms. The van der Waals surface area contributed by atoms with E-state index in [0.717, 1.165) is 25.9 Å². The topological polar surface area (TPSA) is 23.6 Å². The van der Waals surface area contributed by atoms with Gasteiger partial charge in [-0.1, -0.05) is 38.6 Å². The van der Waals surface area contributed by atoms with Gasteiger partial charge in [0.05, 0.1) is 6.04 Å². The molecule has 2 unspecified atom stereocenters. The Morgan fingerprint density at radius 3 is 2.53 bits per heavy atom. The Morgan fingerprint density at radius 2 is 2.12 bits per heavy atom. The first-order valence-corrected chi connectivity index (χ1v) is 8.02. The van der Waals surface area contributed by atoms with Gasteiger partial charge in [0.15, 0.2) is 0 Å². The zero-order valence-corrected chi connectivity index (χ0v) is 13.7. The average Bonchev–Trinajstić information content (AvgIpc) is 2.31. The first-order chi connectivity index (χ1) is 8.06. The third-order valence-electron chi connectivity index (χ3n) is 2.82. The van der Waals surface area contributed by atoms with Crippen molar-refractivity contribution in [3.8, 4) is 0 Å². The minimum Gasteiger partial charge on any atom is -0.286 e. The van der Waals surface area contributed by atoms with Crippen LogP contribution in [0.4, 0.5) is 0 Å². The van der Waals surface area contributed by atoms with Gasteiger partial charge < -0.3 is 0 Å². The van der Waals surface area contributed by atoms with Gasteiger partial charge in [-0.3, -0.25) is 9.10 Å². The molecule has 3 nitrogen and oxygen atoms in total. The first-order valence-electron chi connectivity index (χ1n) is 5.99. The molecule has 0 spiro atoms. The zero-order valence-electron chi connectivity index (χ0n) is 11.1. The molecule has 0 amide bonds. The van der Waals surface area contributed by atoms with E-state index in [1.165, 1.54) is 0 Å². The van der Waals surface area contributed by atoms with Crippen molar-refractivity contribution in [1.82, 2.24) is 8.61 Å². The predicted octanol–water partition coefficient (Wildman–Crippen LogP) is 2.60. The highest BCUT2D eigenvalue weighted by Gasteiger charge is 2.32. The monoisotopic (exact) mass is 296 g/mol. The average molecular weight is 297 g/mol. The molecule has 0 aromatic carbocycles. The minimum absolute atomic E-state index is 0.0412. The lowest BCUT2D eigenvalue weighted by atomic mass is 9.92. The van der Waals surface area contributed by atoms with Gasteiger partial charge in [0.2, 0.25) is 5.12 Å². The number of hydrogen-bond acceptors (Lipinski definition) is 5. The van der Waals surface area contributed by atoms with Crippen LogP contribution in [0.1, 0.15) is 26.7 Å². The Kier molecular flexibility index (Phi) is 9.91. The number of piperidine rings is 1. The smallest absolute Gasteiger partial charge is 0.204 e. The largest absolute Gasteiger partial charge is 0.286 e. The summed E-state index contributed by atoms with van der Waals surface area (Å²) >= 11 is 9.92. The Bertz CT molecular complexity index is 229. The van der Waals surface area contributed by atoms with Crippen LogP contribution in [0.3, 0.4) is 0 Å². The highest BCUT2D eigenvalue weighted by Crippen LogP contribution is 2.27. The van der Waals surface area contributed by atoms with Crippen molar-refractivity contribution in [2.45, 2.75) is 32.7 Å². The summed E-state index contributed by atoms with van der Waals surface area (Å²) in [6, 6.07) is -0.0988. The lowest BCUT2D eigenvalue weighted by molar-refractivity contribution is -0.115. The SMILES string of the molecule is CC.CSN(C)C(C(=O)S)C1CCCN(S)C1. The molecule has 6 heteroatoms. The lowest BCUT2D eigenvalue weighted by Gasteiger charge is -2.36. The van der Waals surface area contributed by atoms with Gasteiger partial charge >= 0.3 is 0 Å². The molecule has 0 aliphatic carbocycles. The zero-order chi connectivity index (χ0) is 13.4. The van der Waals surface area contributed by atoms with E-state index in [1.807, 2.05) is 35.8 Å². The fraction of sp³-hybridized carbons (Fsp3) is 0.909. The van der Waals surface area contributed by atoms with Crippen LogP contribution in [-0.2, 0) is 4.79 Å². The quantitative estimate of drug-likeness (QED) is 0.615. The van der Waals surface area contributed by atoms with Gasteiger partial charge in [-0.2, -0.15) is 0 Å². The minimum atomic E-state index is -0.0988. The molecule has 1 fully saturated rings. The standard InChI is InChI=1S/C9H18N2OS3.C2H6/c1-10(15-2)8(9(12)13)7-4-3-5-11(14)6-7;1-2/h7-8,14H,3-6H2,1-2H3,(H,12,13);1-2H3. The van der Waals surface area contributed by atoms with Crippen LogP contribution in [-0.4, -0.2) is 46.2 Å². The van der Waals surface area contributed by atoms with Crippen molar-refractivity contribution in [3.05, 3.63) is 0 Å². The number of carbonyl (C=O) groups is 1. The highest BCUT2D eigenvalue weighted by atomic mass is 32.2. The number of nitrogens with zero attached hydrogens (tertiary/aromatic N) is 2. The van der Waals surface area contributed by atoms with Crippen molar-refractivity contribution < 1.29 is 4.79 Å². The molecule has 2 atom stereocenters. The second-order valence-electron chi connectivity index (χ2n) is 3.83. The van der Waals surface area contributed by atoms with E-state index in [9.17, 15) is 4.79 Å². The summed E-state index contributed by atoms with van der Waals surface area (Å²) in [6.07, 6.45) is 4.16. The number of rotatable bonds is 4. The summed E-state index contributed by atoms with van der Waals surface area (Å²) in [6.45, 7) is 5.88. The normalized spacial score (nSPS) is 22.9. The van der Waals surface area contributed by atoms with E-state index >= 15 is 0 Å². The van der Waals surface area contributed by atoms with Crippen molar-refractivity contribution >= 4 is 42.5 Å². The number of carbonyl (C=O) groups excluding carboxylic acids is 1. The van der Waals surface area contributed by atoms with E-state index in [-0.39, 0.29) is 11.2 Å². The maximum atomic E-state index is 11.5. The summed E-state index contributed by atoms with van der Waals surface area (Å²) in [5.41, 5.74) is 0. The molecule has 0 aromatic heterocycles. The second kappa shape index (κ2) is 9.55. The summed E-state index contributed by atoms with van der Waals surface area (Å²) in [5.74, 6) is 0.346. The Hall–Kier alpha value is 0.640. The number of hydrogen-bond donors (Lipinski definition) is 2. The summed E-state index contributed by atoms with van der Waals surface area (Å²) < 4.78 is 3.99. The summed E-state index contributed by atoms with van der Waals surface area (Å²) in [4.78, 5) is 11.5. The molecule has 1 saturated heterocycles. The van der Waals surface area contributed by atoms with Crippen LogP contribution in [0.15, 0.2) is 0 Å². The van der Waals surface area contributed by atoms with Crippen LogP contribution in [0, 0.1) is 5.92 Å². The molecular weight excluding hydrogens is 272 g/mol. The van der Waals surface area contributed by atoms with Crippen LogP contribution in [0.5, 0.6) is 0 Å². The van der Waals surface area contributed by atoms with E-state index in [4.69, 9.17) is 0 Å². The van der Waals surface area contributed by atoms with Gasteiger partial charge in [-0.25, -0.2) is 4.31 Å². The van der Waals surface area contributed by atoms with Crippen molar-refractivity contribution in [1.29, 1.82) is 0 Å². The molecule has 0 saturated carbocycles. The number of likely N-dealkylation sites (N-methyl/N-ethyl adjacent to an activating group) is 1. The Balaban J connectivity index is 0.00000121. The summed E-state index contributed by atoms with van der Waals surface area (Å²) in [7, 11) is 1.95. The van der Waals surface area contributed by atoms with E-state index < -0.39 is 0 Å². The summed E-state index contributed by atoms with van der Waals surface area (Å²) in [5, 5.41) is -0.0412. The first kappa shape index (κ1) is 17.6. The van der Waals surface area contributed by atoms with Crippen molar-refractivity contribution in [2.75, 3.05) is 26.4 Å². The van der Waals surface area contributed by atoms with Crippen LogP contribution >= 0.6 is 37.4 Å². The molecule has 0 aromatic rings.